The molecule has 0 amide bonds. The average Bonchev–Trinajstić information content (AvgIpc) is 2.77. The van der Waals surface area contributed by atoms with Gasteiger partial charge in [0.1, 0.15) is 0 Å². The molecular formula is C15H21Cl2NO2S. The Kier molecular flexibility index (Phi) is 5.95. The molecule has 2 unspecified atom stereocenters. The molecule has 1 aliphatic heterocycles. The average molecular weight is 350 g/mol. The lowest BCUT2D eigenvalue weighted by molar-refractivity contribution is 0.415. The number of sulfone groups is 1. The zero-order chi connectivity index (χ0) is 15.5. The third kappa shape index (κ3) is 4.85. The number of rotatable bonds is 6. The van der Waals surface area contributed by atoms with Gasteiger partial charge in [0.05, 0.1) is 21.6 Å². The molecule has 1 aromatic carbocycles. The van der Waals surface area contributed by atoms with E-state index in [1.807, 2.05) is 12.1 Å². The second-order valence-corrected chi connectivity index (χ2v) is 8.73. The van der Waals surface area contributed by atoms with Crippen LogP contribution in [0.2, 0.25) is 10.0 Å². The summed E-state index contributed by atoms with van der Waals surface area (Å²) in [5.74, 6) is 0.844. The highest BCUT2D eigenvalue weighted by Crippen LogP contribution is 2.32. The first-order valence-electron chi connectivity index (χ1n) is 7.30. The molecule has 1 aliphatic rings. The predicted octanol–water partition coefficient (Wildman–Crippen LogP) is 3.86. The minimum atomic E-state index is -2.83. The van der Waals surface area contributed by atoms with Crippen LogP contribution in [0.15, 0.2) is 18.2 Å². The first-order valence-corrected chi connectivity index (χ1v) is 9.87. The van der Waals surface area contributed by atoms with Gasteiger partial charge in [-0.2, -0.15) is 0 Å². The maximum absolute atomic E-state index is 11.6. The fourth-order valence-electron chi connectivity index (χ4n) is 2.78. The van der Waals surface area contributed by atoms with Crippen LogP contribution in [0.4, 0.5) is 0 Å². The summed E-state index contributed by atoms with van der Waals surface area (Å²) in [6, 6.07) is 5.76. The molecule has 1 aromatic rings. The van der Waals surface area contributed by atoms with Crippen molar-refractivity contribution in [2.45, 2.75) is 32.2 Å². The van der Waals surface area contributed by atoms with Crippen molar-refractivity contribution in [1.29, 1.82) is 0 Å². The van der Waals surface area contributed by atoms with Gasteiger partial charge in [-0.25, -0.2) is 8.42 Å². The third-order valence-corrected chi connectivity index (χ3v) is 6.46. The van der Waals surface area contributed by atoms with Crippen molar-refractivity contribution in [3.05, 3.63) is 33.8 Å². The standard InChI is InChI=1S/C15H21Cl2NO2S/c1-2-6-18-15(8-11-5-7-21(19,20)10-11)12-3-4-13(16)14(17)9-12/h3-4,9,11,15,18H,2,5-8,10H2,1H3. The number of nitrogens with one attached hydrogen (secondary N) is 1. The van der Waals surface area contributed by atoms with E-state index >= 15 is 0 Å². The second-order valence-electron chi connectivity index (χ2n) is 5.69. The summed E-state index contributed by atoms with van der Waals surface area (Å²) >= 11 is 12.1. The van der Waals surface area contributed by atoms with E-state index in [0.717, 1.165) is 31.4 Å². The van der Waals surface area contributed by atoms with Crippen LogP contribution < -0.4 is 5.32 Å². The van der Waals surface area contributed by atoms with E-state index < -0.39 is 9.84 Å². The Bertz CT molecular complexity index is 589. The molecule has 6 heteroatoms. The predicted molar refractivity (Wildman–Crippen MR) is 88.9 cm³/mol. The fourth-order valence-corrected chi connectivity index (χ4v) is 4.96. The highest BCUT2D eigenvalue weighted by atomic mass is 35.5. The Hall–Kier alpha value is -0.290. The Morgan fingerprint density at radius 3 is 2.67 bits per heavy atom. The Morgan fingerprint density at radius 1 is 1.33 bits per heavy atom. The molecular weight excluding hydrogens is 329 g/mol. The van der Waals surface area contributed by atoms with Crippen LogP contribution in [0.25, 0.3) is 0 Å². The van der Waals surface area contributed by atoms with Crippen LogP contribution >= 0.6 is 23.2 Å². The Labute approximate surface area is 136 Å². The Balaban J connectivity index is 2.12. The van der Waals surface area contributed by atoms with E-state index in [1.54, 1.807) is 6.07 Å². The molecule has 1 heterocycles. The lowest BCUT2D eigenvalue weighted by Gasteiger charge is -2.22. The first-order chi connectivity index (χ1) is 9.91. The maximum atomic E-state index is 11.6. The fraction of sp³-hybridized carbons (Fsp3) is 0.600. The molecule has 1 saturated heterocycles. The highest BCUT2D eigenvalue weighted by Gasteiger charge is 2.30. The van der Waals surface area contributed by atoms with Crippen molar-refractivity contribution in [3.8, 4) is 0 Å². The molecule has 0 saturated carbocycles. The molecule has 2 rings (SSSR count). The first kappa shape index (κ1) is 17.1. The van der Waals surface area contributed by atoms with Crippen LogP contribution in [0, 0.1) is 5.92 Å². The second kappa shape index (κ2) is 7.32. The SMILES string of the molecule is CCCNC(CC1CCS(=O)(=O)C1)c1ccc(Cl)c(Cl)c1. The topological polar surface area (TPSA) is 46.2 Å². The quantitative estimate of drug-likeness (QED) is 0.847. The zero-order valence-electron chi connectivity index (χ0n) is 12.1. The van der Waals surface area contributed by atoms with E-state index in [-0.39, 0.29) is 12.0 Å². The van der Waals surface area contributed by atoms with Crippen molar-refractivity contribution < 1.29 is 8.42 Å². The molecule has 1 fully saturated rings. The normalized spacial score (nSPS) is 22.3. The number of halogens is 2. The minimum absolute atomic E-state index is 0.123. The van der Waals surface area contributed by atoms with Crippen molar-refractivity contribution in [2.24, 2.45) is 5.92 Å². The van der Waals surface area contributed by atoms with E-state index in [2.05, 4.69) is 12.2 Å². The van der Waals surface area contributed by atoms with Crippen LogP contribution in [-0.4, -0.2) is 26.5 Å². The molecule has 0 spiro atoms. The largest absolute Gasteiger partial charge is 0.310 e. The summed E-state index contributed by atoms with van der Waals surface area (Å²) in [6.07, 6.45) is 2.60. The molecule has 2 atom stereocenters. The van der Waals surface area contributed by atoms with Gasteiger partial charge in [-0.05, 0) is 49.4 Å². The molecule has 0 bridgehead atoms. The van der Waals surface area contributed by atoms with Crippen LogP contribution in [0.1, 0.15) is 37.8 Å². The zero-order valence-corrected chi connectivity index (χ0v) is 14.4. The van der Waals surface area contributed by atoms with Gasteiger partial charge in [-0.3, -0.25) is 0 Å². The van der Waals surface area contributed by atoms with Gasteiger partial charge >= 0.3 is 0 Å². The minimum Gasteiger partial charge on any atom is -0.310 e. The van der Waals surface area contributed by atoms with E-state index in [4.69, 9.17) is 23.2 Å². The molecule has 3 nitrogen and oxygen atoms in total. The number of hydrogen-bond acceptors (Lipinski definition) is 3. The summed E-state index contributed by atoms with van der Waals surface area (Å²) in [5.41, 5.74) is 1.07. The maximum Gasteiger partial charge on any atom is 0.150 e. The van der Waals surface area contributed by atoms with E-state index in [9.17, 15) is 8.42 Å². The summed E-state index contributed by atoms with van der Waals surface area (Å²) in [7, 11) is -2.83. The summed E-state index contributed by atoms with van der Waals surface area (Å²) in [5, 5.41) is 4.57. The van der Waals surface area contributed by atoms with Crippen molar-refractivity contribution in [1.82, 2.24) is 5.32 Å². The summed E-state index contributed by atoms with van der Waals surface area (Å²) < 4.78 is 23.2. The molecule has 1 N–H and O–H groups in total. The van der Waals surface area contributed by atoms with Crippen molar-refractivity contribution >= 4 is 33.0 Å². The van der Waals surface area contributed by atoms with Gasteiger partial charge in [0.25, 0.3) is 0 Å². The third-order valence-electron chi connectivity index (χ3n) is 3.88. The van der Waals surface area contributed by atoms with Crippen molar-refractivity contribution in [2.75, 3.05) is 18.1 Å². The molecule has 0 aliphatic carbocycles. The van der Waals surface area contributed by atoms with Crippen LogP contribution in [-0.2, 0) is 9.84 Å². The number of hydrogen-bond donors (Lipinski definition) is 1. The monoisotopic (exact) mass is 349 g/mol. The Morgan fingerprint density at radius 2 is 2.10 bits per heavy atom. The van der Waals surface area contributed by atoms with E-state index in [1.165, 1.54) is 0 Å². The lowest BCUT2D eigenvalue weighted by atomic mass is 9.94. The van der Waals surface area contributed by atoms with Gasteiger partial charge in [0.2, 0.25) is 0 Å². The summed E-state index contributed by atoms with van der Waals surface area (Å²) in [6.45, 7) is 3.00. The van der Waals surface area contributed by atoms with Crippen LogP contribution in [0.3, 0.4) is 0 Å². The van der Waals surface area contributed by atoms with Gasteiger partial charge in [0, 0.05) is 6.04 Å². The smallest absolute Gasteiger partial charge is 0.150 e. The van der Waals surface area contributed by atoms with E-state index in [0.29, 0.717) is 21.6 Å². The lowest BCUT2D eigenvalue weighted by Crippen LogP contribution is -2.25. The van der Waals surface area contributed by atoms with Gasteiger partial charge < -0.3 is 5.32 Å². The summed E-state index contributed by atoms with van der Waals surface area (Å²) in [4.78, 5) is 0. The number of benzene rings is 1. The molecule has 0 aromatic heterocycles. The molecule has 0 radical (unpaired) electrons. The molecule has 118 valence electrons. The molecule has 21 heavy (non-hydrogen) atoms. The van der Waals surface area contributed by atoms with Gasteiger partial charge in [0.15, 0.2) is 9.84 Å². The van der Waals surface area contributed by atoms with Gasteiger partial charge in [-0.15, -0.1) is 0 Å². The van der Waals surface area contributed by atoms with Gasteiger partial charge in [-0.1, -0.05) is 36.2 Å². The van der Waals surface area contributed by atoms with Crippen LogP contribution in [0.5, 0.6) is 0 Å². The highest BCUT2D eigenvalue weighted by molar-refractivity contribution is 7.91. The van der Waals surface area contributed by atoms with Crippen molar-refractivity contribution in [3.63, 3.8) is 0 Å².